The number of nitrogens with one attached hydrogen (secondary N) is 2. The first-order valence-electron chi connectivity index (χ1n) is 9.58. The van der Waals surface area contributed by atoms with Gasteiger partial charge >= 0.3 is 0 Å². The van der Waals surface area contributed by atoms with Crippen molar-refractivity contribution in [1.29, 1.82) is 0 Å². The standard InChI is InChI=1S/C24H21FN2O4/c1-15-11-13-17(14-12-15)22(28)18-7-3-4-8-19(18)24(30)27-26-23(29)16(2)31-21-10-6-5-9-20(21)25/h3-14,16H,1-2H3,(H,26,29)(H,27,30)/t16-/m1/s1. The maximum atomic E-state index is 13.7. The van der Waals surface area contributed by atoms with Crippen molar-refractivity contribution in [3.05, 3.63) is 101 Å². The normalized spacial score (nSPS) is 11.3. The third-order valence-electron chi connectivity index (χ3n) is 4.54. The van der Waals surface area contributed by atoms with Crippen LogP contribution < -0.4 is 15.6 Å². The number of aryl methyl sites for hydroxylation is 1. The first-order chi connectivity index (χ1) is 14.9. The fourth-order valence-electron chi connectivity index (χ4n) is 2.81. The van der Waals surface area contributed by atoms with Gasteiger partial charge in [-0.3, -0.25) is 25.2 Å². The summed E-state index contributed by atoms with van der Waals surface area (Å²) in [6, 6.07) is 19.0. The minimum absolute atomic E-state index is 0.0782. The van der Waals surface area contributed by atoms with Gasteiger partial charge in [0.1, 0.15) is 0 Å². The number of hydrogen-bond acceptors (Lipinski definition) is 4. The lowest BCUT2D eigenvalue weighted by Gasteiger charge is -2.16. The molecule has 0 spiro atoms. The van der Waals surface area contributed by atoms with Crippen molar-refractivity contribution in [3.8, 4) is 5.75 Å². The van der Waals surface area contributed by atoms with Crippen LogP contribution in [0.2, 0.25) is 0 Å². The van der Waals surface area contributed by atoms with Crippen LogP contribution >= 0.6 is 0 Å². The predicted octanol–water partition coefficient (Wildman–Crippen LogP) is 3.59. The summed E-state index contributed by atoms with van der Waals surface area (Å²) >= 11 is 0. The van der Waals surface area contributed by atoms with Gasteiger partial charge in [0.25, 0.3) is 11.8 Å². The zero-order valence-corrected chi connectivity index (χ0v) is 17.0. The Hall–Kier alpha value is -4.00. The molecule has 0 saturated heterocycles. The lowest BCUT2D eigenvalue weighted by atomic mass is 9.97. The van der Waals surface area contributed by atoms with Crippen molar-refractivity contribution in [3.63, 3.8) is 0 Å². The van der Waals surface area contributed by atoms with Gasteiger partial charge in [0.2, 0.25) is 0 Å². The maximum Gasteiger partial charge on any atom is 0.279 e. The summed E-state index contributed by atoms with van der Waals surface area (Å²) in [6.07, 6.45) is -1.07. The van der Waals surface area contributed by atoms with Gasteiger partial charge in [0.05, 0.1) is 5.56 Å². The molecule has 0 heterocycles. The molecule has 7 heteroatoms. The van der Waals surface area contributed by atoms with Gasteiger partial charge in [-0.1, -0.05) is 60.2 Å². The van der Waals surface area contributed by atoms with Crippen LogP contribution in [-0.4, -0.2) is 23.7 Å². The van der Waals surface area contributed by atoms with Crippen LogP contribution in [0.15, 0.2) is 72.8 Å². The molecule has 0 saturated carbocycles. The second kappa shape index (κ2) is 9.67. The molecule has 0 aliphatic carbocycles. The van der Waals surface area contributed by atoms with Crippen molar-refractivity contribution < 1.29 is 23.5 Å². The van der Waals surface area contributed by atoms with Gasteiger partial charge in [-0.25, -0.2) is 4.39 Å². The highest BCUT2D eigenvalue weighted by atomic mass is 19.1. The van der Waals surface area contributed by atoms with Crippen LogP contribution in [-0.2, 0) is 4.79 Å². The Balaban J connectivity index is 1.67. The first kappa shape index (κ1) is 21.7. The van der Waals surface area contributed by atoms with Gasteiger partial charge in [0, 0.05) is 11.1 Å². The van der Waals surface area contributed by atoms with Crippen LogP contribution in [0.5, 0.6) is 5.75 Å². The van der Waals surface area contributed by atoms with Gasteiger partial charge in [0.15, 0.2) is 23.5 Å². The van der Waals surface area contributed by atoms with Crippen LogP contribution in [0.4, 0.5) is 4.39 Å². The number of carbonyl (C=O) groups is 3. The molecule has 6 nitrogen and oxygen atoms in total. The summed E-state index contributed by atoms with van der Waals surface area (Å²) in [5, 5.41) is 0. The van der Waals surface area contributed by atoms with Crippen LogP contribution in [0.1, 0.15) is 38.8 Å². The molecule has 158 valence electrons. The van der Waals surface area contributed by atoms with Crippen LogP contribution in [0.3, 0.4) is 0 Å². The molecule has 0 aliphatic rings. The van der Waals surface area contributed by atoms with E-state index in [0.29, 0.717) is 5.56 Å². The smallest absolute Gasteiger partial charge is 0.279 e. The number of para-hydroxylation sites is 1. The van der Waals surface area contributed by atoms with Crippen LogP contribution in [0, 0.1) is 12.7 Å². The fourth-order valence-corrected chi connectivity index (χ4v) is 2.81. The summed E-state index contributed by atoms with van der Waals surface area (Å²) in [6.45, 7) is 3.33. The fraction of sp³-hybridized carbons (Fsp3) is 0.125. The molecule has 0 bridgehead atoms. The number of halogens is 1. The van der Waals surface area contributed by atoms with Crippen molar-refractivity contribution in [2.45, 2.75) is 20.0 Å². The molecule has 31 heavy (non-hydrogen) atoms. The van der Waals surface area contributed by atoms with Crippen molar-refractivity contribution in [2.24, 2.45) is 0 Å². The van der Waals surface area contributed by atoms with E-state index in [9.17, 15) is 18.8 Å². The number of rotatable bonds is 6. The summed E-state index contributed by atoms with van der Waals surface area (Å²) in [7, 11) is 0. The second-order valence-corrected chi connectivity index (χ2v) is 6.87. The Morgan fingerprint density at radius 3 is 2.13 bits per heavy atom. The Morgan fingerprint density at radius 1 is 0.839 bits per heavy atom. The predicted molar refractivity (Wildman–Crippen MR) is 113 cm³/mol. The highest BCUT2D eigenvalue weighted by molar-refractivity contribution is 6.15. The van der Waals surface area contributed by atoms with E-state index < -0.39 is 23.7 Å². The third-order valence-corrected chi connectivity index (χ3v) is 4.54. The van der Waals surface area contributed by atoms with E-state index in [0.717, 1.165) is 5.56 Å². The minimum atomic E-state index is -1.07. The topological polar surface area (TPSA) is 84.5 Å². The molecule has 0 radical (unpaired) electrons. The Bertz CT molecular complexity index is 1110. The Kier molecular flexibility index (Phi) is 6.77. The third kappa shape index (κ3) is 5.33. The summed E-state index contributed by atoms with van der Waals surface area (Å²) in [4.78, 5) is 37.7. The number of carbonyl (C=O) groups excluding carboxylic acids is 3. The highest BCUT2D eigenvalue weighted by Gasteiger charge is 2.20. The van der Waals surface area contributed by atoms with Gasteiger partial charge < -0.3 is 4.74 Å². The second-order valence-electron chi connectivity index (χ2n) is 6.87. The Morgan fingerprint density at radius 2 is 1.45 bits per heavy atom. The minimum Gasteiger partial charge on any atom is -0.478 e. The SMILES string of the molecule is Cc1ccc(C(=O)c2ccccc2C(=O)NNC(=O)[C@@H](C)Oc2ccccc2F)cc1. The van der Waals surface area contributed by atoms with Crippen molar-refractivity contribution >= 4 is 17.6 Å². The molecule has 0 fully saturated rings. The van der Waals surface area contributed by atoms with E-state index in [4.69, 9.17) is 4.74 Å². The van der Waals surface area contributed by atoms with Crippen molar-refractivity contribution in [2.75, 3.05) is 0 Å². The molecule has 0 aromatic heterocycles. The molecule has 2 amide bonds. The summed E-state index contributed by atoms with van der Waals surface area (Å²) in [5.74, 6) is -2.34. The molecule has 0 unspecified atom stereocenters. The molecule has 3 aromatic rings. The summed E-state index contributed by atoms with van der Waals surface area (Å²) < 4.78 is 19.0. The van der Waals surface area contributed by atoms with E-state index in [-0.39, 0.29) is 22.7 Å². The highest BCUT2D eigenvalue weighted by Crippen LogP contribution is 2.17. The number of ketones is 1. The van der Waals surface area contributed by atoms with E-state index >= 15 is 0 Å². The van der Waals surface area contributed by atoms with E-state index in [1.54, 1.807) is 36.4 Å². The molecule has 3 aromatic carbocycles. The van der Waals surface area contributed by atoms with Gasteiger partial charge in [-0.2, -0.15) is 0 Å². The lowest BCUT2D eigenvalue weighted by Crippen LogP contribution is -2.47. The molecule has 1 atom stereocenters. The average molecular weight is 420 g/mol. The van der Waals surface area contributed by atoms with Crippen LogP contribution in [0.25, 0.3) is 0 Å². The maximum absolute atomic E-state index is 13.7. The zero-order chi connectivity index (χ0) is 22.4. The van der Waals surface area contributed by atoms with E-state index in [1.807, 2.05) is 19.1 Å². The summed E-state index contributed by atoms with van der Waals surface area (Å²) in [5.41, 5.74) is 6.28. The molecular weight excluding hydrogens is 399 g/mol. The quantitative estimate of drug-likeness (QED) is 0.472. The number of amides is 2. The first-order valence-corrected chi connectivity index (χ1v) is 9.58. The average Bonchev–Trinajstić information content (AvgIpc) is 2.78. The van der Waals surface area contributed by atoms with E-state index in [2.05, 4.69) is 10.9 Å². The largest absolute Gasteiger partial charge is 0.478 e. The van der Waals surface area contributed by atoms with Crippen molar-refractivity contribution in [1.82, 2.24) is 10.9 Å². The van der Waals surface area contributed by atoms with E-state index in [1.165, 1.54) is 31.2 Å². The number of hydrazine groups is 1. The molecule has 2 N–H and O–H groups in total. The lowest BCUT2D eigenvalue weighted by molar-refractivity contribution is -0.128. The Labute approximate surface area is 179 Å². The molecule has 3 rings (SSSR count). The zero-order valence-electron chi connectivity index (χ0n) is 17.0. The number of ether oxygens (including phenoxy) is 1. The van der Waals surface area contributed by atoms with Gasteiger partial charge in [-0.15, -0.1) is 0 Å². The van der Waals surface area contributed by atoms with Gasteiger partial charge in [-0.05, 0) is 32.0 Å². The number of benzene rings is 3. The number of hydrogen-bond donors (Lipinski definition) is 2. The monoisotopic (exact) mass is 420 g/mol. The molecular formula is C24H21FN2O4. The molecule has 0 aliphatic heterocycles.